The molecule has 98 valence electrons. The molecule has 0 saturated heterocycles. The van der Waals surface area contributed by atoms with Gasteiger partial charge >= 0.3 is 0 Å². The fourth-order valence-electron chi connectivity index (χ4n) is 1.86. The van der Waals surface area contributed by atoms with Crippen LogP contribution in [0.2, 0.25) is 5.02 Å². The van der Waals surface area contributed by atoms with Gasteiger partial charge in [-0.1, -0.05) is 42.0 Å². The van der Waals surface area contributed by atoms with Crippen molar-refractivity contribution in [3.05, 3.63) is 58.9 Å². The zero-order valence-electron chi connectivity index (χ0n) is 10.4. The number of thiocarbonyl (C=S) groups is 1. The van der Waals surface area contributed by atoms with Gasteiger partial charge in [-0.2, -0.15) is 0 Å². The average molecular weight is 292 g/mol. The van der Waals surface area contributed by atoms with E-state index >= 15 is 0 Å². The van der Waals surface area contributed by atoms with Crippen molar-refractivity contribution in [1.29, 1.82) is 0 Å². The Kier molecular flexibility index (Phi) is 4.35. The van der Waals surface area contributed by atoms with Crippen LogP contribution in [0.5, 0.6) is 0 Å². The Morgan fingerprint density at radius 1 is 1.32 bits per heavy atom. The van der Waals surface area contributed by atoms with Crippen molar-refractivity contribution < 1.29 is 0 Å². The van der Waals surface area contributed by atoms with Crippen LogP contribution in [-0.4, -0.2) is 9.97 Å². The molecule has 1 aromatic heterocycles. The minimum Gasteiger partial charge on any atom is -0.388 e. The number of pyridine rings is 1. The highest BCUT2D eigenvalue weighted by Gasteiger charge is 2.12. The summed E-state index contributed by atoms with van der Waals surface area (Å²) in [6.07, 6.45) is 1.67. The summed E-state index contributed by atoms with van der Waals surface area (Å²) in [7, 11) is 0. The standard InChI is InChI=1S/C14H14ClN3S/c1-9(10-5-2-3-6-11(10)15)18-12-7-4-8-17-13(12)14(16)19/h2-9,18H,1H3,(H2,16,19). The largest absolute Gasteiger partial charge is 0.388 e. The Balaban J connectivity index is 2.27. The molecule has 2 rings (SSSR count). The van der Waals surface area contributed by atoms with Gasteiger partial charge in [0.2, 0.25) is 0 Å². The van der Waals surface area contributed by atoms with Crippen LogP contribution in [-0.2, 0) is 0 Å². The average Bonchev–Trinajstić information content (AvgIpc) is 2.39. The van der Waals surface area contributed by atoms with Gasteiger partial charge in [-0.05, 0) is 30.7 Å². The normalized spacial score (nSPS) is 11.9. The lowest BCUT2D eigenvalue weighted by molar-refractivity contribution is 0.882. The summed E-state index contributed by atoms with van der Waals surface area (Å²) >= 11 is 11.2. The van der Waals surface area contributed by atoms with Crippen molar-refractivity contribution >= 4 is 34.5 Å². The van der Waals surface area contributed by atoms with Crippen molar-refractivity contribution in [2.24, 2.45) is 5.73 Å². The van der Waals surface area contributed by atoms with Crippen LogP contribution in [0.25, 0.3) is 0 Å². The van der Waals surface area contributed by atoms with E-state index in [-0.39, 0.29) is 11.0 Å². The van der Waals surface area contributed by atoms with E-state index in [9.17, 15) is 0 Å². The van der Waals surface area contributed by atoms with Crippen molar-refractivity contribution in [2.75, 3.05) is 5.32 Å². The summed E-state index contributed by atoms with van der Waals surface area (Å²) in [5, 5.41) is 4.06. The number of nitrogens with zero attached hydrogens (tertiary/aromatic N) is 1. The number of halogens is 1. The van der Waals surface area contributed by atoms with Gasteiger partial charge in [0.15, 0.2) is 0 Å². The highest BCUT2D eigenvalue weighted by atomic mass is 35.5. The summed E-state index contributed by atoms with van der Waals surface area (Å²) in [6, 6.07) is 11.5. The summed E-state index contributed by atoms with van der Waals surface area (Å²) in [5.74, 6) is 0. The van der Waals surface area contributed by atoms with E-state index in [1.165, 1.54) is 0 Å². The maximum Gasteiger partial charge on any atom is 0.124 e. The topological polar surface area (TPSA) is 50.9 Å². The molecule has 1 unspecified atom stereocenters. The zero-order chi connectivity index (χ0) is 13.8. The first kappa shape index (κ1) is 13.8. The molecule has 5 heteroatoms. The highest BCUT2D eigenvalue weighted by Crippen LogP contribution is 2.26. The quantitative estimate of drug-likeness (QED) is 0.846. The Bertz CT molecular complexity index is 601. The molecule has 0 aliphatic carbocycles. The van der Waals surface area contributed by atoms with Crippen LogP contribution < -0.4 is 11.1 Å². The number of benzene rings is 1. The Morgan fingerprint density at radius 2 is 2.05 bits per heavy atom. The lowest BCUT2D eigenvalue weighted by Gasteiger charge is -2.18. The summed E-state index contributed by atoms with van der Waals surface area (Å²) in [5.41, 5.74) is 8.08. The summed E-state index contributed by atoms with van der Waals surface area (Å²) in [6.45, 7) is 2.03. The van der Waals surface area contributed by atoms with Crippen LogP contribution in [0, 0.1) is 0 Å². The first-order valence-electron chi connectivity index (χ1n) is 5.85. The lowest BCUT2D eigenvalue weighted by atomic mass is 10.1. The van der Waals surface area contributed by atoms with Crippen LogP contribution >= 0.6 is 23.8 Å². The van der Waals surface area contributed by atoms with Gasteiger partial charge in [-0.25, -0.2) is 0 Å². The number of rotatable bonds is 4. The van der Waals surface area contributed by atoms with E-state index in [1.807, 2.05) is 43.3 Å². The molecule has 1 atom stereocenters. The minimum absolute atomic E-state index is 0.0333. The summed E-state index contributed by atoms with van der Waals surface area (Å²) < 4.78 is 0. The van der Waals surface area contributed by atoms with Crippen molar-refractivity contribution in [3.63, 3.8) is 0 Å². The second-order valence-corrected chi connectivity index (χ2v) is 5.00. The molecule has 2 aromatic rings. The fourth-order valence-corrected chi connectivity index (χ4v) is 2.32. The van der Waals surface area contributed by atoms with Crippen LogP contribution in [0.15, 0.2) is 42.6 Å². The van der Waals surface area contributed by atoms with Crippen LogP contribution in [0.3, 0.4) is 0 Å². The molecule has 0 fully saturated rings. The maximum atomic E-state index is 6.18. The molecule has 3 nitrogen and oxygen atoms in total. The van der Waals surface area contributed by atoms with Crippen molar-refractivity contribution in [1.82, 2.24) is 4.98 Å². The van der Waals surface area contributed by atoms with Gasteiger partial charge in [0.05, 0.1) is 11.7 Å². The third-order valence-corrected chi connectivity index (χ3v) is 3.32. The summed E-state index contributed by atoms with van der Waals surface area (Å²) in [4.78, 5) is 4.46. The molecule has 0 radical (unpaired) electrons. The molecule has 1 heterocycles. The van der Waals surface area contributed by atoms with E-state index in [0.29, 0.717) is 5.69 Å². The molecule has 3 N–H and O–H groups in total. The second-order valence-electron chi connectivity index (χ2n) is 4.15. The number of nitrogens with one attached hydrogen (secondary N) is 1. The maximum absolute atomic E-state index is 6.18. The Morgan fingerprint density at radius 3 is 2.74 bits per heavy atom. The molecule has 0 amide bonds. The number of hydrogen-bond acceptors (Lipinski definition) is 3. The van der Waals surface area contributed by atoms with Gasteiger partial charge in [-0.15, -0.1) is 0 Å². The van der Waals surface area contributed by atoms with Gasteiger partial charge in [0.1, 0.15) is 10.7 Å². The van der Waals surface area contributed by atoms with Crippen molar-refractivity contribution in [2.45, 2.75) is 13.0 Å². The Labute approximate surface area is 122 Å². The fraction of sp³-hybridized carbons (Fsp3) is 0.143. The van der Waals surface area contributed by atoms with E-state index in [1.54, 1.807) is 6.20 Å². The van der Waals surface area contributed by atoms with Crippen molar-refractivity contribution in [3.8, 4) is 0 Å². The third kappa shape index (κ3) is 3.22. The smallest absolute Gasteiger partial charge is 0.124 e. The van der Waals surface area contributed by atoms with Crippen LogP contribution in [0.1, 0.15) is 24.2 Å². The zero-order valence-corrected chi connectivity index (χ0v) is 12.0. The van der Waals surface area contributed by atoms with E-state index in [4.69, 9.17) is 29.6 Å². The number of hydrogen-bond donors (Lipinski definition) is 2. The highest BCUT2D eigenvalue weighted by molar-refractivity contribution is 7.80. The molecule has 0 spiro atoms. The molecule has 0 aliphatic heterocycles. The first-order valence-corrected chi connectivity index (χ1v) is 6.64. The van der Waals surface area contributed by atoms with Gasteiger partial charge < -0.3 is 11.1 Å². The van der Waals surface area contributed by atoms with E-state index in [0.717, 1.165) is 16.3 Å². The predicted octanol–water partition coefficient (Wildman–Crippen LogP) is 3.54. The van der Waals surface area contributed by atoms with Gasteiger partial charge in [0.25, 0.3) is 0 Å². The molecule has 0 bridgehead atoms. The lowest BCUT2D eigenvalue weighted by Crippen LogP contribution is -2.16. The minimum atomic E-state index is 0.0333. The second kappa shape index (κ2) is 5.99. The van der Waals surface area contributed by atoms with Gasteiger partial charge in [0, 0.05) is 11.2 Å². The first-order chi connectivity index (χ1) is 9.09. The molecular formula is C14H14ClN3S. The predicted molar refractivity (Wildman–Crippen MR) is 83.6 cm³/mol. The third-order valence-electron chi connectivity index (χ3n) is 2.78. The van der Waals surface area contributed by atoms with E-state index < -0.39 is 0 Å². The number of nitrogens with two attached hydrogens (primary N) is 1. The Hall–Kier alpha value is -1.65. The molecule has 0 aliphatic rings. The molecule has 1 aromatic carbocycles. The number of anilines is 1. The number of aromatic nitrogens is 1. The van der Waals surface area contributed by atoms with Crippen LogP contribution in [0.4, 0.5) is 5.69 Å². The molecule has 0 saturated carbocycles. The SMILES string of the molecule is CC(Nc1cccnc1C(N)=S)c1ccccc1Cl. The van der Waals surface area contributed by atoms with E-state index in [2.05, 4.69) is 10.3 Å². The molecular weight excluding hydrogens is 278 g/mol. The molecule has 19 heavy (non-hydrogen) atoms. The monoisotopic (exact) mass is 291 g/mol. The van der Waals surface area contributed by atoms with Gasteiger partial charge in [-0.3, -0.25) is 4.98 Å².